The van der Waals surface area contributed by atoms with Crippen molar-refractivity contribution in [3.05, 3.63) is 145 Å². The second kappa shape index (κ2) is 10.0. The predicted molar refractivity (Wildman–Crippen MR) is 202 cm³/mol. The molecule has 46 heavy (non-hydrogen) atoms. The van der Waals surface area contributed by atoms with E-state index >= 15 is 0 Å². The molecule has 0 fully saturated rings. The van der Waals surface area contributed by atoms with E-state index in [2.05, 4.69) is 155 Å². The maximum Gasteiger partial charge on any atom is 0.135 e. The normalized spacial score (nSPS) is 12.2. The Balaban J connectivity index is 1.32. The molecule has 0 spiro atoms. The number of imidazole rings is 1. The molecular weight excluding hydrogens is 557 g/mol. The predicted octanol–water partition coefficient (Wildman–Crippen LogP) is 7.57. The van der Waals surface area contributed by atoms with E-state index < -0.39 is 0 Å². The van der Waals surface area contributed by atoms with Crippen molar-refractivity contribution in [2.24, 2.45) is 0 Å². The van der Waals surface area contributed by atoms with Gasteiger partial charge in [-0.05, 0) is 86.3 Å². The second-order valence-corrected chi connectivity index (χ2v) is 13.2. The topological polar surface area (TPSA) is 31.0 Å². The Bertz CT molecular complexity index is 2590. The fourth-order valence-corrected chi connectivity index (χ4v) is 7.22. The van der Waals surface area contributed by atoms with Crippen LogP contribution in [0.2, 0.25) is 0 Å². The molecule has 0 saturated heterocycles. The molecule has 7 aromatic carbocycles. The summed E-state index contributed by atoms with van der Waals surface area (Å²) in [6, 6.07) is 50.0. The highest BCUT2D eigenvalue weighted by Crippen LogP contribution is 2.45. The van der Waals surface area contributed by atoms with Gasteiger partial charge in [0, 0.05) is 16.5 Å². The lowest BCUT2D eigenvalue weighted by molar-refractivity contribution is 0.669. The number of hydrogen-bond donors (Lipinski definition) is 0. The Morgan fingerprint density at radius 2 is 1.07 bits per heavy atom. The van der Waals surface area contributed by atoms with Crippen LogP contribution in [0.25, 0.3) is 82.5 Å². The van der Waals surface area contributed by atoms with Gasteiger partial charge in [-0.15, -0.1) is 0 Å². The summed E-state index contributed by atoms with van der Waals surface area (Å²) in [7, 11) is 6.70. The number of benzene rings is 7. The number of fused-ring (bicyclic) bond motifs is 6. The van der Waals surface area contributed by atoms with Crippen LogP contribution < -0.4 is 0 Å². The minimum absolute atomic E-state index is 0.127. The molecule has 0 bridgehead atoms. The van der Waals surface area contributed by atoms with Crippen molar-refractivity contribution >= 4 is 78.1 Å². The van der Waals surface area contributed by atoms with E-state index in [1.807, 2.05) is 12.1 Å². The minimum Gasteiger partial charge on any atom is -0.456 e. The lowest BCUT2D eigenvalue weighted by Crippen LogP contribution is -2.31. The Morgan fingerprint density at radius 3 is 1.74 bits per heavy atom. The van der Waals surface area contributed by atoms with E-state index in [1.54, 1.807) is 0 Å². The first-order chi connectivity index (χ1) is 22.5. The van der Waals surface area contributed by atoms with Crippen LogP contribution in [-0.4, -0.2) is 33.1 Å². The molecule has 0 N–H and O–H groups in total. The van der Waals surface area contributed by atoms with Crippen molar-refractivity contribution in [1.82, 2.24) is 9.55 Å². The molecule has 0 aliphatic heterocycles. The summed E-state index contributed by atoms with van der Waals surface area (Å²) in [5.74, 6) is 1.05. The highest BCUT2D eigenvalue weighted by molar-refractivity contribution is 6.58. The van der Waals surface area contributed by atoms with Gasteiger partial charge < -0.3 is 4.42 Å². The number of furan rings is 1. The largest absolute Gasteiger partial charge is 0.456 e. The Kier molecular flexibility index (Phi) is 5.85. The van der Waals surface area contributed by atoms with Gasteiger partial charge in [-0.1, -0.05) is 102 Å². The monoisotopic (exact) mass is 586 g/mol. The van der Waals surface area contributed by atoms with Crippen LogP contribution in [0.15, 0.2) is 144 Å². The molecule has 0 unspecified atom stereocenters. The fraction of sp³-hybridized carbons (Fsp3) is 0.0250. The van der Waals surface area contributed by atoms with Gasteiger partial charge in [0.25, 0.3) is 0 Å². The van der Waals surface area contributed by atoms with Gasteiger partial charge in [0.05, 0.1) is 40.4 Å². The first-order valence-electron chi connectivity index (χ1n) is 15.9. The molecule has 0 radical (unpaired) electrons. The summed E-state index contributed by atoms with van der Waals surface area (Å²) >= 11 is 0. The van der Waals surface area contributed by atoms with E-state index in [1.165, 1.54) is 43.8 Å². The van der Waals surface area contributed by atoms with E-state index in [-0.39, 0.29) is 5.11 Å². The Morgan fingerprint density at radius 1 is 0.500 bits per heavy atom. The number of para-hydroxylation sites is 3. The van der Waals surface area contributed by atoms with Crippen LogP contribution in [-0.2, 0) is 5.11 Å². The molecule has 2 aromatic heterocycles. The number of hydrogen-bond acceptors (Lipinski definition) is 2. The van der Waals surface area contributed by atoms with Crippen molar-refractivity contribution in [2.45, 2.75) is 5.11 Å². The van der Waals surface area contributed by atoms with Crippen LogP contribution in [0.5, 0.6) is 0 Å². The third-order valence-electron chi connectivity index (χ3n) is 9.22. The highest BCUT2D eigenvalue weighted by Gasteiger charge is 2.24. The zero-order valence-corrected chi connectivity index (χ0v) is 26.1. The number of rotatable bonds is 4. The number of nitrogens with zero attached hydrogens (tertiary/aromatic N) is 2. The SMILES string of the molecule is BC(B)(B)c1nc2ccccc2n1-c1cccc(-c2c3ccccc3c(-c3ccc4oc5ccccc5c4c3)c3ccccc23)c1. The van der Waals surface area contributed by atoms with Gasteiger partial charge in [0.2, 0.25) is 0 Å². The summed E-state index contributed by atoms with van der Waals surface area (Å²) in [5.41, 5.74) is 9.94. The molecule has 3 nitrogen and oxygen atoms in total. The van der Waals surface area contributed by atoms with Gasteiger partial charge in [0.1, 0.15) is 11.2 Å². The van der Waals surface area contributed by atoms with Crippen LogP contribution in [0.3, 0.4) is 0 Å². The molecule has 214 valence electrons. The Labute approximate surface area is 269 Å². The van der Waals surface area contributed by atoms with Crippen molar-refractivity contribution in [3.8, 4) is 27.9 Å². The van der Waals surface area contributed by atoms with Crippen LogP contribution in [0.4, 0.5) is 0 Å². The maximum atomic E-state index is 6.19. The van der Waals surface area contributed by atoms with Gasteiger partial charge in [-0.2, -0.15) is 0 Å². The Hall–Kier alpha value is -5.48. The van der Waals surface area contributed by atoms with E-state index in [4.69, 9.17) is 9.40 Å². The third kappa shape index (κ3) is 4.06. The molecule has 2 heterocycles. The molecule has 0 atom stereocenters. The lowest BCUT2D eigenvalue weighted by Gasteiger charge is -2.21. The van der Waals surface area contributed by atoms with Crippen molar-refractivity contribution in [2.75, 3.05) is 0 Å². The first-order valence-corrected chi connectivity index (χ1v) is 15.9. The third-order valence-corrected chi connectivity index (χ3v) is 9.22. The van der Waals surface area contributed by atoms with Crippen LogP contribution in [0, 0.1) is 0 Å². The standard InChI is InChI=1S/C40H29B3N2O/c41-40(42,43)39-44-33-17-6-7-18-34(33)45(39)26-11-9-10-24(22-26)37-28-13-1-3-15-30(28)38(31-16-4-2-14-29(31)37)25-20-21-36-32(23-25)27-12-5-8-19-35(27)46-36/h1-23H,41-43H2. The highest BCUT2D eigenvalue weighted by atomic mass is 16.3. The van der Waals surface area contributed by atoms with Crippen molar-refractivity contribution in [1.29, 1.82) is 0 Å². The summed E-state index contributed by atoms with van der Waals surface area (Å²) in [6.45, 7) is 0. The lowest BCUT2D eigenvalue weighted by atomic mass is 9.42. The molecule has 9 aromatic rings. The van der Waals surface area contributed by atoms with Crippen molar-refractivity contribution < 1.29 is 4.42 Å². The van der Waals surface area contributed by atoms with Crippen LogP contribution in [0.1, 0.15) is 5.82 Å². The summed E-state index contributed by atoms with van der Waals surface area (Å²) in [6.07, 6.45) is 0. The van der Waals surface area contributed by atoms with Crippen molar-refractivity contribution in [3.63, 3.8) is 0 Å². The minimum atomic E-state index is -0.127. The molecule has 0 saturated carbocycles. The van der Waals surface area contributed by atoms with E-state index in [0.29, 0.717) is 0 Å². The zero-order chi connectivity index (χ0) is 31.0. The maximum absolute atomic E-state index is 6.19. The summed E-state index contributed by atoms with van der Waals surface area (Å²) in [4.78, 5) is 5.10. The molecule has 9 rings (SSSR count). The number of aromatic nitrogens is 2. The zero-order valence-electron chi connectivity index (χ0n) is 26.1. The van der Waals surface area contributed by atoms with Gasteiger partial charge in [-0.3, -0.25) is 4.57 Å². The van der Waals surface area contributed by atoms with E-state index in [9.17, 15) is 0 Å². The van der Waals surface area contributed by atoms with Gasteiger partial charge >= 0.3 is 0 Å². The quantitative estimate of drug-likeness (QED) is 0.157. The fourth-order valence-electron chi connectivity index (χ4n) is 7.22. The van der Waals surface area contributed by atoms with Gasteiger partial charge in [-0.25, -0.2) is 4.98 Å². The average Bonchev–Trinajstić information content (AvgIpc) is 3.66. The molecule has 0 aliphatic rings. The summed E-state index contributed by atoms with van der Waals surface area (Å²) < 4.78 is 8.52. The van der Waals surface area contributed by atoms with Crippen LogP contribution >= 0.6 is 0 Å². The molecular formula is C40H29B3N2O. The molecule has 0 aliphatic carbocycles. The second-order valence-electron chi connectivity index (χ2n) is 13.2. The van der Waals surface area contributed by atoms with Gasteiger partial charge in [0.15, 0.2) is 0 Å². The molecule has 6 heteroatoms. The molecule has 0 amide bonds. The van der Waals surface area contributed by atoms with E-state index in [0.717, 1.165) is 44.5 Å². The summed E-state index contributed by atoms with van der Waals surface area (Å²) in [5, 5.41) is 7.09. The first kappa shape index (κ1) is 26.9. The smallest absolute Gasteiger partial charge is 0.135 e. The average molecular weight is 586 g/mol.